The molecule has 7 rings (SSSR count). The standard InChI is InChI=1S/C24H22N4O/c1-14-10-27-11-17(5-19(27)9-25-14)20-6-16-3-4-18(7-21(16)29-15(20)2)28-12-22-24(13-26-22)8-23(24)28/h3-7,9-11,22-23,26H,2,8,12-13H2,1H3. The van der Waals surface area contributed by atoms with Gasteiger partial charge in [-0.05, 0) is 37.6 Å². The van der Waals surface area contributed by atoms with Crippen LogP contribution in [0.4, 0.5) is 5.69 Å². The number of rotatable bonds is 2. The number of anilines is 1. The maximum atomic E-state index is 6.21. The van der Waals surface area contributed by atoms with Gasteiger partial charge in [0.1, 0.15) is 11.5 Å². The van der Waals surface area contributed by atoms with Gasteiger partial charge in [0.15, 0.2) is 0 Å². The minimum Gasteiger partial charge on any atom is -0.457 e. The summed E-state index contributed by atoms with van der Waals surface area (Å²) in [6.07, 6.45) is 9.57. The second kappa shape index (κ2) is 5.10. The van der Waals surface area contributed by atoms with Crippen LogP contribution in [0, 0.1) is 12.3 Å². The molecule has 5 heteroatoms. The van der Waals surface area contributed by atoms with E-state index in [0.29, 0.717) is 23.3 Å². The van der Waals surface area contributed by atoms with Crippen LogP contribution in [-0.2, 0) is 0 Å². The fraction of sp³-hybridized carbons (Fsp3) is 0.292. The van der Waals surface area contributed by atoms with Crippen LogP contribution in [0.5, 0.6) is 5.75 Å². The van der Waals surface area contributed by atoms with Crippen LogP contribution in [0.3, 0.4) is 0 Å². The highest BCUT2D eigenvalue weighted by atomic mass is 16.5. The van der Waals surface area contributed by atoms with Crippen molar-refractivity contribution >= 4 is 22.9 Å². The average molecular weight is 382 g/mol. The highest BCUT2D eigenvalue weighted by Crippen LogP contribution is 2.61. The molecule has 1 aliphatic carbocycles. The normalized spacial score (nSPS) is 28.9. The third-order valence-corrected chi connectivity index (χ3v) is 7.28. The summed E-state index contributed by atoms with van der Waals surface area (Å²) in [4.78, 5) is 6.95. The Bertz CT molecular complexity index is 1250. The van der Waals surface area contributed by atoms with Gasteiger partial charge in [-0.15, -0.1) is 0 Å². The van der Waals surface area contributed by atoms with Gasteiger partial charge in [0, 0.05) is 71.4 Å². The number of hydrogen-bond acceptors (Lipinski definition) is 4. The lowest BCUT2D eigenvalue weighted by Crippen LogP contribution is -2.55. The van der Waals surface area contributed by atoms with Crippen molar-refractivity contribution in [2.75, 3.05) is 18.0 Å². The van der Waals surface area contributed by atoms with Gasteiger partial charge in [0.25, 0.3) is 0 Å². The molecule has 29 heavy (non-hydrogen) atoms. The van der Waals surface area contributed by atoms with Crippen molar-refractivity contribution in [2.24, 2.45) is 5.41 Å². The Morgan fingerprint density at radius 2 is 2.21 bits per heavy atom. The molecule has 5 nitrogen and oxygen atoms in total. The lowest BCUT2D eigenvalue weighted by molar-refractivity contribution is 0.239. The van der Waals surface area contributed by atoms with Gasteiger partial charge in [0.2, 0.25) is 0 Å². The highest BCUT2D eigenvalue weighted by molar-refractivity contribution is 5.94. The van der Waals surface area contributed by atoms with Crippen molar-refractivity contribution in [2.45, 2.75) is 25.4 Å². The summed E-state index contributed by atoms with van der Waals surface area (Å²) in [5.41, 5.74) is 7.12. The van der Waals surface area contributed by atoms with Gasteiger partial charge in [-0.2, -0.15) is 0 Å². The van der Waals surface area contributed by atoms with E-state index in [1.807, 2.05) is 19.3 Å². The Morgan fingerprint density at radius 3 is 2.97 bits per heavy atom. The summed E-state index contributed by atoms with van der Waals surface area (Å²) in [6, 6.07) is 10.1. The predicted molar refractivity (Wildman–Crippen MR) is 114 cm³/mol. The first-order valence-corrected chi connectivity index (χ1v) is 10.3. The van der Waals surface area contributed by atoms with Crippen molar-refractivity contribution in [1.82, 2.24) is 14.7 Å². The van der Waals surface area contributed by atoms with Gasteiger partial charge in [-0.3, -0.25) is 4.98 Å². The Balaban J connectivity index is 1.25. The van der Waals surface area contributed by atoms with Crippen LogP contribution in [0.15, 0.2) is 55.2 Å². The molecule has 2 aromatic heterocycles. The number of benzene rings is 1. The van der Waals surface area contributed by atoms with E-state index in [4.69, 9.17) is 4.74 Å². The quantitative estimate of drug-likeness (QED) is 0.735. The molecule has 5 heterocycles. The van der Waals surface area contributed by atoms with E-state index in [9.17, 15) is 0 Å². The number of ether oxygens (including phenoxy) is 1. The molecule has 144 valence electrons. The molecule has 3 fully saturated rings. The third kappa shape index (κ3) is 2.06. The van der Waals surface area contributed by atoms with Gasteiger partial charge in [0.05, 0.1) is 17.4 Å². The first-order valence-electron chi connectivity index (χ1n) is 10.3. The molecule has 3 aromatic rings. The topological polar surface area (TPSA) is 41.8 Å². The fourth-order valence-corrected chi connectivity index (χ4v) is 5.49. The predicted octanol–water partition coefficient (Wildman–Crippen LogP) is 3.64. The minimum absolute atomic E-state index is 0.568. The molecule has 0 amide bonds. The maximum Gasteiger partial charge on any atom is 0.136 e. The summed E-state index contributed by atoms with van der Waals surface area (Å²) in [6.45, 7) is 8.50. The SMILES string of the molecule is C=C1Oc2cc(N3CC4NCC45CC35)ccc2C=C1c1cc2cnc(C)cn2c1. The molecule has 3 unspecified atom stereocenters. The number of nitrogens with one attached hydrogen (secondary N) is 1. The zero-order valence-corrected chi connectivity index (χ0v) is 16.4. The Labute approximate surface area is 169 Å². The van der Waals surface area contributed by atoms with Crippen LogP contribution in [0.1, 0.15) is 23.2 Å². The van der Waals surface area contributed by atoms with Crippen molar-refractivity contribution in [3.63, 3.8) is 0 Å². The molecule has 0 bridgehead atoms. The zero-order valence-electron chi connectivity index (χ0n) is 16.4. The van der Waals surface area contributed by atoms with Crippen molar-refractivity contribution in [3.05, 3.63) is 72.0 Å². The second-order valence-electron chi connectivity index (χ2n) is 8.93. The van der Waals surface area contributed by atoms with Gasteiger partial charge in [-0.1, -0.05) is 6.58 Å². The fourth-order valence-electron chi connectivity index (χ4n) is 5.49. The molecule has 3 atom stereocenters. The summed E-state index contributed by atoms with van der Waals surface area (Å²) in [7, 11) is 0. The lowest BCUT2D eigenvalue weighted by atomic mass is 9.90. The molecule has 1 aromatic carbocycles. The van der Waals surface area contributed by atoms with Crippen LogP contribution >= 0.6 is 0 Å². The molecule has 1 saturated carbocycles. The van der Waals surface area contributed by atoms with Crippen LogP contribution in [0.2, 0.25) is 0 Å². The number of aromatic nitrogens is 2. The van der Waals surface area contributed by atoms with Crippen molar-refractivity contribution in [3.8, 4) is 5.75 Å². The molecular formula is C24H22N4O. The summed E-state index contributed by atoms with van der Waals surface area (Å²) < 4.78 is 8.31. The molecular weight excluding hydrogens is 360 g/mol. The van der Waals surface area contributed by atoms with E-state index in [-0.39, 0.29) is 0 Å². The van der Waals surface area contributed by atoms with Crippen LogP contribution in [-0.4, -0.2) is 34.6 Å². The molecule has 4 aliphatic rings. The molecule has 3 aliphatic heterocycles. The van der Waals surface area contributed by atoms with Crippen molar-refractivity contribution < 1.29 is 4.74 Å². The number of fused-ring (bicyclic) bond motifs is 2. The molecule has 2 saturated heterocycles. The number of hydrogen-bond donors (Lipinski definition) is 1. The van der Waals surface area contributed by atoms with Crippen molar-refractivity contribution in [1.29, 1.82) is 0 Å². The van der Waals surface area contributed by atoms with Gasteiger partial charge >= 0.3 is 0 Å². The smallest absolute Gasteiger partial charge is 0.136 e. The third-order valence-electron chi connectivity index (χ3n) is 7.28. The second-order valence-corrected chi connectivity index (χ2v) is 8.93. The molecule has 1 N–H and O–H groups in total. The number of piperidine rings is 1. The van der Waals surface area contributed by atoms with Crippen LogP contribution < -0.4 is 15.0 Å². The van der Waals surface area contributed by atoms with E-state index >= 15 is 0 Å². The number of aryl methyl sites for hydroxylation is 1. The average Bonchev–Trinajstić information content (AvgIpc) is 3.27. The van der Waals surface area contributed by atoms with E-state index in [1.165, 1.54) is 18.7 Å². The minimum atomic E-state index is 0.568. The maximum absolute atomic E-state index is 6.21. The van der Waals surface area contributed by atoms with E-state index in [0.717, 1.165) is 40.2 Å². The van der Waals surface area contributed by atoms with E-state index in [1.54, 1.807) is 0 Å². The van der Waals surface area contributed by atoms with E-state index in [2.05, 4.69) is 62.7 Å². The first-order chi connectivity index (χ1) is 14.1. The Morgan fingerprint density at radius 1 is 1.28 bits per heavy atom. The lowest BCUT2D eigenvalue weighted by Gasteiger charge is -2.34. The number of allylic oxidation sites excluding steroid dienone is 1. The van der Waals surface area contributed by atoms with E-state index < -0.39 is 0 Å². The summed E-state index contributed by atoms with van der Waals surface area (Å²) in [5.74, 6) is 1.60. The molecule has 0 radical (unpaired) electrons. The zero-order chi connectivity index (χ0) is 19.3. The first kappa shape index (κ1) is 15.8. The summed E-state index contributed by atoms with van der Waals surface area (Å²) in [5, 5.41) is 3.59. The largest absolute Gasteiger partial charge is 0.457 e. The summed E-state index contributed by atoms with van der Waals surface area (Å²) >= 11 is 0. The Kier molecular flexibility index (Phi) is 2.79. The monoisotopic (exact) mass is 382 g/mol. The van der Waals surface area contributed by atoms with Gasteiger partial charge in [-0.25, -0.2) is 0 Å². The number of nitrogens with zero attached hydrogens (tertiary/aromatic N) is 3. The van der Waals surface area contributed by atoms with Gasteiger partial charge < -0.3 is 19.4 Å². The van der Waals surface area contributed by atoms with Crippen LogP contribution in [0.25, 0.3) is 17.2 Å². The Hall–Kier alpha value is -3.05. The highest BCUT2D eigenvalue weighted by Gasteiger charge is 2.71. The molecule has 1 spiro atoms.